The van der Waals surface area contributed by atoms with Gasteiger partial charge in [-0.3, -0.25) is 4.79 Å². The number of nitrogens with two attached hydrogens (primary N) is 1. The zero-order chi connectivity index (χ0) is 20.1. The van der Waals surface area contributed by atoms with Crippen molar-refractivity contribution in [2.75, 3.05) is 0 Å². The van der Waals surface area contributed by atoms with Crippen molar-refractivity contribution in [2.45, 2.75) is 39.2 Å². The van der Waals surface area contributed by atoms with E-state index in [1.807, 2.05) is 36.5 Å². The van der Waals surface area contributed by atoms with Crippen LogP contribution in [0.25, 0.3) is 6.08 Å². The Kier molecular flexibility index (Phi) is 5.73. The van der Waals surface area contributed by atoms with Gasteiger partial charge in [-0.05, 0) is 28.2 Å². The molecule has 0 saturated carbocycles. The largest absolute Gasteiger partial charge is 0.366 e. The van der Waals surface area contributed by atoms with Crippen molar-refractivity contribution in [3.05, 3.63) is 88.8 Å². The molecule has 0 aliphatic carbocycles. The SMILES string of the molecule is CC(C)(C)c1ccc(Cn2cc(CC(=Cc3ccccc3)C(N)=O)nn2)cc1. The summed E-state index contributed by atoms with van der Waals surface area (Å²) in [7, 11) is 0. The molecule has 0 atom stereocenters. The quantitative estimate of drug-likeness (QED) is 0.668. The molecule has 3 rings (SSSR count). The maximum atomic E-state index is 11.8. The van der Waals surface area contributed by atoms with E-state index in [-0.39, 0.29) is 5.41 Å². The van der Waals surface area contributed by atoms with Crippen LogP contribution < -0.4 is 5.73 Å². The van der Waals surface area contributed by atoms with E-state index in [2.05, 4.69) is 55.3 Å². The van der Waals surface area contributed by atoms with Gasteiger partial charge in [0.15, 0.2) is 0 Å². The van der Waals surface area contributed by atoms with E-state index < -0.39 is 5.91 Å². The van der Waals surface area contributed by atoms with Crippen LogP contribution in [0.4, 0.5) is 0 Å². The predicted molar refractivity (Wildman–Crippen MR) is 112 cm³/mol. The Bertz CT molecular complexity index is 964. The first-order chi connectivity index (χ1) is 13.3. The van der Waals surface area contributed by atoms with Crippen LogP contribution in [0.1, 0.15) is 43.2 Å². The molecule has 0 aliphatic heterocycles. The van der Waals surface area contributed by atoms with Crippen LogP contribution in [0.5, 0.6) is 0 Å². The number of benzene rings is 2. The lowest BCUT2D eigenvalue weighted by molar-refractivity contribution is -0.114. The molecule has 5 heteroatoms. The Labute approximate surface area is 165 Å². The highest BCUT2D eigenvalue weighted by molar-refractivity contribution is 5.96. The standard InChI is InChI=1S/C23H26N4O/c1-23(2,3)20-11-9-18(10-12-20)15-27-16-21(25-26-27)14-19(22(24)28)13-17-7-5-4-6-8-17/h4-13,16H,14-15H2,1-3H3,(H2,24,28). The molecule has 0 saturated heterocycles. The van der Waals surface area contributed by atoms with E-state index in [4.69, 9.17) is 5.73 Å². The van der Waals surface area contributed by atoms with E-state index in [1.165, 1.54) is 5.56 Å². The Hall–Kier alpha value is -3.21. The molecule has 0 bridgehead atoms. The lowest BCUT2D eigenvalue weighted by Gasteiger charge is -2.19. The molecule has 1 heterocycles. The van der Waals surface area contributed by atoms with Gasteiger partial charge in [-0.15, -0.1) is 5.10 Å². The van der Waals surface area contributed by atoms with Gasteiger partial charge in [-0.25, -0.2) is 4.68 Å². The Morgan fingerprint density at radius 1 is 1.07 bits per heavy atom. The van der Waals surface area contributed by atoms with Crippen LogP contribution in [-0.4, -0.2) is 20.9 Å². The van der Waals surface area contributed by atoms with Crippen LogP contribution in [0.3, 0.4) is 0 Å². The lowest BCUT2D eigenvalue weighted by atomic mass is 9.87. The number of aromatic nitrogens is 3. The fourth-order valence-corrected chi connectivity index (χ4v) is 2.95. The highest BCUT2D eigenvalue weighted by Gasteiger charge is 2.13. The van der Waals surface area contributed by atoms with Crippen LogP contribution >= 0.6 is 0 Å². The van der Waals surface area contributed by atoms with E-state index >= 15 is 0 Å². The lowest BCUT2D eigenvalue weighted by Crippen LogP contribution is -2.15. The van der Waals surface area contributed by atoms with Gasteiger partial charge in [0.1, 0.15) is 0 Å². The van der Waals surface area contributed by atoms with Crippen LogP contribution in [0.15, 0.2) is 66.4 Å². The number of hydrogen-bond donors (Lipinski definition) is 1. The number of carbonyl (C=O) groups is 1. The van der Waals surface area contributed by atoms with Crippen molar-refractivity contribution in [3.63, 3.8) is 0 Å². The summed E-state index contributed by atoms with van der Waals surface area (Å²) in [4.78, 5) is 11.8. The normalized spacial score (nSPS) is 12.2. The van der Waals surface area contributed by atoms with Gasteiger partial charge >= 0.3 is 0 Å². The molecular weight excluding hydrogens is 348 g/mol. The summed E-state index contributed by atoms with van der Waals surface area (Å²) in [6.45, 7) is 7.23. The summed E-state index contributed by atoms with van der Waals surface area (Å²) in [5, 5.41) is 8.39. The molecular formula is C23H26N4O. The van der Waals surface area contributed by atoms with Crippen molar-refractivity contribution in [1.29, 1.82) is 0 Å². The van der Waals surface area contributed by atoms with E-state index in [0.29, 0.717) is 24.2 Å². The fourth-order valence-electron chi connectivity index (χ4n) is 2.95. The Balaban J connectivity index is 1.71. The van der Waals surface area contributed by atoms with Crippen LogP contribution in [0, 0.1) is 0 Å². The third-order valence-electron chi connectivity index (χ3n) is 4.58. The molecule has 0 spiro atoms. The third kappa shape index (κ3) is 5.16. The second kappa shape index (κ2) is 8.21. The summed E-state index contributed by atoms with van der Waals surface area (Å²) >= 11 is 0. The average Bonchev–Trinajstić information content (AvgIpc) is 3.08. The first-order valence-corrected chi connectivity index (χ1v) is 9.35. The number of nitrogens with zero attached hydrogens (tertiary/aromatic N) is 3. The minimum Gasteiger partial charge on any atom is -0.366 e. The molecule has 0 aliphatic rings. The molecule has 0 unspecified atom stereocenters. The summed E-state index contributed by atoms with van der Waals surface area (Å²) in [6, 6.07) is 18.2. The Morgan fingerprint density at radius 2 is 1.75 bits per heavy atom. The van der Waals surface area contributed by atoms with Crippen molar-refractivity contribution >= 4 is 12.0 Å². The van der Waals surface area contributed by atoms with Crippen LogP contribution in [0.2, 0.25) is 0 Å². The number of hydrogen-bond acceptors (Lipinski definition) is 3. The highest BCUT2D eigenvalue weighted by Crippen LogP contribution is 2.22. The number of amides is 1. The smallest absolute Gasteiger partial charge is 0.245 e. The number of carbonyl (C=O) groups excluding carboxylic acids is 1. The average molecular weight is 374 g/mol. The Morgan fingerprint density at radius 3 is 2.36 bits per heavy atom. The van der Waals surface area contributed by atoms with Gasteiger partial charge in [-0.1, -0.05) is 80.6 Å². The summed E-state index contributed by atoms with van der Waals surface area (Å²) in [5.41, 5.74) is 10.3. The third-order valence-corrected chi connectivity index (χ3v) is 4.58. The van der Waals surface area contributed by atoms with Gasteiger partial charge in [0.05, 0.1) is 12.2 Å². The summed E-state index contributed by atoms with van der Waals surface area (Å²) in [6.07, 6.45) is 4.01. The molecule has 144 valence electrons. The minimum atomic E-state index is -0.448. The molecule has 0 fully saturated rings. The van der Waals surface area contributed by atoms with E-state index in [1.54, 1.807) is 10.8 Å². The van der Waals surface area contributed by atoms with Crippen molar-refractivity contribution < 1.29 is 4.79 Å². The fraction of sp³-hybridized carbons (Fsp3) is 0.261. The van der Waals surface area contributed by atoms with Gasteiger partial charge in [0.2, 0.25) is 5.91 Å². The second-order valence-corrected chi connectivity index (χ2v) is 7.98. The molecule has 0 radical (unpaired) electrons. The maximum Gasteiger partial charge on any atom is 0.245 e. The van der Waals surface area contributed by atoms with E-state index in [9.17, 15) is 4.79 Å². The minimum absolute atomic E-state index is 0.134. The van der Waals surface area contributed by atoms with Crippen molar-refractivity contribution in [2.24, 2.45) is 5.73 Å². The van der Waals surface area contributed by atoms with Gasteiger partial charge in [-0.2, -0.15) is 0 Å². The van der Waals surface area contributed by atoms with E-state index in [0.717, 1.165) is 11.1 Å². The molecule has 2 N–H and O–H groups in total. The zero-order valence-electron chi connectivity index (χ0n) is 16.6. The predicted octanol–water partition coefficient (Wildman–Crippen LogP) is 3.74. The first kappa shape index (κ1) is 19.5. The molecule has 5 nitrogen and oxygen atoms in total. The highest BCUT2D eigenvalue weighted by atomic mass is 16.1. The molecule has 1 aromatic heterocycles. The molecule has 2 aromatic carbocycles. The topological polar surface area (TPSA) is 73.8 Å². The maximum absolute atomic E-state index is 11.8. The van der Waals surface area contributed by atoms with Crippen LogP contribution in [-0.2, 0) is 23.2 Å². The second-order valence-electron chi connectivity index (χ2n) is 7.98. The van der Waals surface area contributed by atoms with Crippen molar-refractivity contribution in [1.82, 2.24) is 15.0 Å². The number of rotatable bonds is 6. The number of primary amides is 1. The monoisotopic (exact) mass is 374 g/mol. The molecule has 28 heavy (non-hydrogen) atoms. The zero-order valence-corrected chi connectivity index (χ0v) is 16.6. The molecule has 3 aromatic rings. The van der Waals surface area contributed by atoms with Crippen molar-refractivity contribution in [3.8, 4) is 0 Å². The summed E-state index contributed by atoms with van der Waals surface area (Å²) < 4.78 is 1.78. The van der Waals surface area contributed by atoms with Gasteiger partial charge in [0.25, 0.3) is 0 Å². The van der Waals surface area contributed by atoms with Gasteiger partial charge < -0.3 is 5.73 Å². The first-order valence-electron chi connectivity index (χ1n) is 9.35. The summed E-state index contributed by atoms with van der Waals surface area (Å²) in [5.74, 6) is -0.448. The van der Waals surface area contributed by atoms with Gasteiger partial charge in [0, 0.05) is 18.2 Å². The molecule has 1 amide bonds.